The summed E-state index contributed by atoms with van der Waals surface area (Å²) >= 11 is 0. The van der Waals surface area contributed by atoms with Gasteiger partial charge in [0.15, 0.2) is 0 Å². The minimum atomic E-state index is -4.44. The molecule has 0 atom stereocenters. The third-order valence-corrected chi connectivity index (χ3v) is 12.2. The van der Waals surface area contributed by atoms with Crippen molar-refractivity contribution in [3.05, 3.63) is 0 Å². The summed E-state index contributed by atoms with van der Waals surface area (Å²) in [5.74, 6) is 0. The van der Waals surface area contributed by atoms with Gasteiger partial charge in [0.2, 0.25) is 0 Å². The molecule has 0 aromatic carbocycles. The van der Waals surface area contributed by atoms with E-state index in [1.807, 2.05) is 0 Å². The molecule has 0 heterocycles. The molecule has 0 aromatic heterocycles. The first-order chi connectivity index (χ1) is 33.1. The average molecular weight is 1010 g/mol. The van der Waals surface area contributed by atoms with Gasteiger partial charge in [0.1, 0.15) is 0 Å². The van der Waals surface area contributed by atoms with Crippen LogP contribution in [0.1, 0.15) is 194 Å². The summed E-state index contributed by atoms with van der Waals surface area (Å²) in [7, 11) is -4.44. The van der Waals surface area contributed by atoms with E-state index in [0.717, 1.165) is 26.1 Å². The van der Waals surface area contributed by atoms with E-state index in [1.54, 1.807) is 0 Å². The maximum absolute atomic E-state index is 11.9. The van der Waals surface area contributed by atoms with Gasteiger partial charge < -0.3 is 61.3 Å². The van der Waals surface area contributed by atoms with Crippen LogP contribution in [0.4, 0.5) is 0 Å². The summed E-state index contributed by atoms with van der Waals surface area (Å²) in [6, 6.07) is 0. The van der Waals surface area contributed by atoms with Crippen LogP contribution >= 0.6 is 7.82 Å². The largest absolute Gasteiger partial charge is 1.00 e. The van der Waals surface area contributed by atoms with Crippen LogP contribution < -0.4 is 34.5 Å². The molecule has 0 aliphatic rings. The number of hydrogen-bond acceptors (Lipinski definition) is 14. The molecule has 0 aliphatic heterocycles. The number of hydrogen-bond donors (Lipinski definition) is 0. The van der Waals surface area contributed by atoms with Crippen molar-refractivity contribution in [2.45, 2.75) is 194 Å². The standard InChI is InChI=1S/C52H107O14P.Na/c1-3-5-7-9-11-13-15-17-19-21-23-25-27-29-31-55-33-35-57-37-39-59-41-43-61-45-47-63-49-51-65-67(53,54)66-52-50-64-48-46-62-44-42-60-40-38-58-36-34-56-32-30-28-26-24-22-20-18-16-14-12-10-8-6-4-2;/h3-52H2,1-2H3,(H,53,54);/q;+1/p-1. The molecule has 0 saturated carbocycles. The van der Waals surface area contributed by atoms with Crippen LogP contribution in [0.15, 0.2) is 0 Å². The van der Waals surface area contributed by atoms with E-state index >= 15 is 0 Å². The maximum atomic E-state index is 11.9. The minimum Gasteiger partial charge on any atom is -0.756 e. The number of rotatable bonds is 62. The van der Waals surface area contributed by atoms with Crippen LogP contribution in [0, 0.1) is 0 Å². The summed E-state index contributed by atoms with van der Waals surface area (Å²) < 4.78 is 76.7. The van der Waals surface area contributed by atoms with Crippen molar-refractivity contribution in [1.29, 1.82) is 0 Å². The van der Waals surface area contributed by atoms with Gasteiger partial charge in [-0.25, -0.2) is 0 Å². The first-order valence-electron chi connectivity index (χ1n) is 27.5. The normalized spacial score (nSPS) is 11.8. The molecule has 16 heteroatoms. The van der Waals surface area contributed by atoms with Crippen molar-refractivity contribution in [3.63, 3.8) is 0 Å². The van der Waals surface area contributed by atoms with Crippen molar-refractivity contribution in [1.82, 2.24) is 0 Å². The maximum Gasteiger partial charge on any atom is 1.00 e. The van der Waals surface area contributed by atoms with Crippen molar-refractivity contribution in [2.24, 2.45) is 0 Å². The molecule has 68 heavy (non-hydrogen) atoms. The van der Waals surface area contributed by atoms with Gasteiger partial charge in [-0.2, -0.15) is 0 Å². The van der Waals surface area contributed by atoms with Gasteiger partial charge in [0.05, 0.1) is 132 Å². The molecule has 0 fully saturated rings. The summed E-state index contributed by atoms with van der Waals surface area (Å²) in [4.78, 5) is 11.9. The van der Waals surface area contributed by atoms with Gasteiger partial charge in [0.25, 0.3) is 7.82 Å². The van der Waals surface area contributed by atoms with Crippen LogP contribution in [-0.2, 0) is 61.0 Å². The van der Waals surface area contributed by atoms with E-state index in [1.165, 1.54) is 167 Å². The van der Waals surface area contributed by atoms with Crippen molar-refractivity contribution < 1.29 is 95.4 Å². The van der Waals surface area contributed by atoms with Crippen LogP contribution in [-0.4, -0.2) is 145 Å². The van der Waals surface area contributed by atoms with Crippen LogP contribution in [0.2, 0.25) is 0 Å². The third-order valence-electron chi connectivity index (χ3n) is 11.2. The number of phosphoric ester groups is 1. The van der Waals surface area contributed by atoms with Gasteiger partial charge in [0, 0.05) is 13.2 Å². The smallest absolute Gasteiger partial charge is 0.756 e. The van der Waals surface area contributed by atoms with Gasteiger partial charge in [-0.15, -0.1) is 0 Å². The van der Waals surface area contributed by atoms with Crippen molar-refractivity contribution >= 4 is 7.82 Å². The molecule has 0 bridgehead atoms. The number of phosphoric acid groups is 1. The summed E-state index contributed by atoms with van der Waals surface area (Å²) in [5, 5.41) is 0. The van der Waals surface area contributed by atoms with E-state index in [4.69, 9.17) is 56.4 Å². The predicted octanol–water partition coefficient (Wildman–Crippen LogP) is 8.62. The monoisotopic (exact) mass is 1010 g/mol. The fraction of sp³-hybridized carbons (Fsp3) is 1.00. The van der Waals surface area contributed by atoms with E-state index in [0.29, 0.717) is 106 Å². The third kappa shape index (κ3) is 64.7. The predicted molar refractivity (Wildman–Crippen MR) is 268 cm³/mol. The molecule has 0 aromatic rings. The Kier molecular flexibility index (Phi) is 66.4. The summed E-state index contributed by atoms with van der Waals surface area (Å²) in [6.45, 7) is 13.6. The number of unbranched alkanes of at least 4 members (excludes halogenated alkanes) is 26. The fourth-order valence-corrected chi connectivity index (χ4v) is 7.88. The molecule has 0 N–H and O–H groups in total. The topological polar surface area (TPSA) is 151 Å². The van der Waals surface area contributed by atoms with E-state index in [-0.39, 0.29) is 56.0 Å². The zero-order chi connectivity index (χ0) is 48.3. The van der Waals surface area contributed by atoms with Crippen molar-refractivity contribution in [3.8, 4) is 0 Å². The SMILES string of the molecule is CCCCCCCCCCCCCCCCOCCOCCOCCOCCOCCOP(=O)([O-])OCCOCCOCCOCCOCCOCCCCCCCCCCCCCCCC.[Na+]. The Morgan fingerprint density at radius 1 is 0.235 bits per heavy atom. The quantitative estimate of drug-likeness (QED) is 0.0325. The van der Waals surface area contributed by atoms with Crippen LogP contribution in [0.3, 0.4) is 0 Å². The Morgan fingerprint density at radius 2 is 0.382 bits per heavy atom. The van der Waals surface area contributed by atoms with Gasteiger partial charge in [-0.1, -0.05) is 181 Å². The van der Waals surface area contributed by atoms with E-state index in [2.05, 4.69) is 13.8 Å². The number of ether oxygens (including phenoxy) is 10. The molecule has 0 unspecified atom stereocenters. The molecular formula is C52H106NaO14P. The molecule has 0 saturated heterocycles. The fourth-order valence-electron chi connectivity index (χ4n) is 7.21. The zero-order valence-corrected chi connectivity index (χ0v) is 47.4. The molecule has 0 amide bonds. The van der Waals surface area contributed by atoms with Crippen molar-refractivity contribution in [2.75, 3.05) is 145 Å². The second-order valence-electron chi connectivity index (χ2n) is 17.4. The molecule has 0 aliphatic carbocycles. The first kappa shape index (κ1) is 70.8. The average Bonchev–Trinajstić information content (AvgIpc) is 3.32. The Labute approximate surface area is 439 Å². The van der Waals surface area contributed by atoms with E-state index in [9.17, 15) is 9.46 Å². The van der Waals surface area contributed by atoms with E-state index < -0.39 is 7.82 Å². The second kappa shape index (κ2) is 63.8. The molecule has 0 rings (SSSR count). The Balaban J connectivity index is 0. The molecule has 0 radical (unpaired) electrons. The minimum absolute atomic E-state index is 0. The Hall–Kier alpha value is 0.710. The van der Waals surface area contributed by atoms with Crippen LogP contribution in [0.25, 0.3) is 0 Å². The summed E-state index contributed by atoms with van der Waals surface area (Å²) in [5.41, 5.74) is 0. The molecular weight excluding hydrogens is 903 g/mol. The van der Waals surface area contributed by atoms with Crippen LogP contribution in [0.5, 0.6) is 0 Å². The Bertz CT molecular complexity index is 879. The molecule has 14 nitrogen and oxygen atoms in total. The second-order valence-corrected chi connectivity index (χ2v) is 18.8. The molecule has 0 spiro atoms. The van der Waals surface area contributed by atoms with Gasteiger partial charge in [-0.3, -0.25) is 4.57 Å². The van der Waals surface area contributed by atoms with Gasteiger partial charge in [-0.05, 0) is 12.8 Å². The van der Waals surface area contributed by atoms with Gasteiger partial charge >= 0.3 is 29.6 Å². The zero-order valence-electron chi connectivity index (χ0n) is 44.5. The first-order valence-corrected chi connectivity index (χ1v) is 29.0. The molecule has 404 valence electrons. The summed E-state index contributed by atoms with van der Waals surface area (Å²) in [6.07, 6.45) is 38.1. The Morgan fingerprint density at radius 3 is 0.574 bits per heavy atom.